The van der Waals surface area contributed by atoms with Gasteiger partial charge in [0.15, 0.2) is 5.82 Å². The minimum Gasteiger partial charge on any atom is -0.473 e. The Hall–Kier alpha value is -3.84. The number of nitrogens with zero attached hydrogens (tertiary/aromatic N) is 5. The molecule has 3 aliphatic rings. The monoisotopic (exact) mass is 653 g/mol. The number of aromatic nitrogens is 3. The zero-order valence-electron chi connectivity index (χ0n) is 25.3. The minimum absolute atomic E-state index is 0.0222. The first-order valence-corrected chi connectivity index (χ1v) is 15.7. The van der Waals surface area contributed by atoms with Crippen molar-refractivity contribution < 1.29 is 32.5 Å². The van der Waals surface area contributed by atoms with Crippen LogP contribution in [-0.4, -0.2) is 84.1 Å². The van der Waals surface area contributed by atoms with Crippen LogP contribution >= 0.6 is 11.6 Å². The summed E-state index contributed by atoms with van der Waals surface area (Å²) in [5.74, 6) is 0.549. The molecule has 242 valence electrons. The molecule has 0 saturated carbocycles. The predicted molar refractivity (Wildman–Crippen MR) is 166 cm³/mol. The van der Waals surface area contributed by atoms with Gasteiger partial charge in [-0.1, -0.05) is 23.7 Å². The van der Waals surface area contributed by atoms with Crippen LogP contribution in [-0.2, 0) is 33.9 Å². The number of carbonyl (C=O) groups is 1. The third-order valence-electron chi connectivity index (χ3n) is 9.03. The van der Waals surface area contributed by atoms with Crippen LogP contribution in [0, 0.1) is 17.6 Å². The second-order valence-electron chi connectivity index (χ2n) is 11.9. The molecule has 10 nitrogen and oxygen atoms in total. The quantitative estimate of drug-likeness (QED) is 0.235. The van der Waals surface area contributed by atoms with E-state index >= 15 is 4.39 Å². The van der Waals surface area contributed by atoms with E-state index in [1.807, 2.05) is 16.7 Å². The van der Waals surface area contributed by atoms with Crippen molar-refractivity contribution in [3.8, 4) is 5.88 Å². The molecule has 3 aliphatic heterocycles. The minimum atomic E-state index is -0.596. The maximum absolute atomic E-state index is 15.3. The molecule has 1 unspecified atom stereocenters. The molecule has 3 saturated heterocycles. The van der Waals surface area contributed by atoms with Gasteiger partial charge in [-0.3, -0.25) is 4.90 Å². The Morgan fingerprint density at radius 3 is 2.70 bits per heavy atom. The normalized spacial score (nSPS) is 21.6. The summed E-state index contributed by atoms with van der Waals surface area (Å²) in [5.41, 5.74) is 1.35. The molecule has 0 spiro atoms. The average molecular weight is 654 g/mol. The summed E-state index contributed by atoms with van der Waals surface area (Å²) in [5, 5.41) is 0.328. The lowest BCUT2D eigenvalue weighted by Crippen LogP contribution is -2.59. The molecule has 0 N–H and O–H groups in total. The van der Waals surface area contributed by atoms with E-state index in [1.165, 1.54) is 19.2 Å². The Labute approximate surface area is 269 Å². The third kappa shape index (κ3) is 6.14. The summed E-state index contributed by atoms with van der Waals surface area (Å²) in [7, 11) is 1.28. The number of pyridine rings is 1. The van der Waals surface area contributed by atoms with Gasteiger partial charge in [0, 0.05) is 48.8 Å². The molecule has 5 heterocycles. The molecule has 7 rings (SSSR count). The van der Waals surface area contributed by atoms with Crippen LogP contribution in [0.3, 0.4) is 0 Å². The number of carbonyl (C=O) groups excluding carboxylic acids is 1. The largest absolute Gasteiger partial charge is 0.473 e. The molecule has 3 fully saturated rings. The number of hydrogen-bond acceptors (Lipinski definition) is 9. The van der Waals surface area contributed by atoms with Crippen molar-refractivity contribution in [1.29, 1.82) is 0 Å². The highest BCUT2D eigenvalue weighted by Crippen LogP contribution is 2.32. The van der Waals surface area contributed by atoms with Crippen molar-refractivity contribution >= 4 is 34.4 Å². The molecule has 13 heteroatoms. The van der Waals surface area contributed by atoms with Crippen LogP contribution in [0.25, 0.3) is 11.0 Å². The van der Waals surface area contributed by atoms with Gasteiger partial charge in [-0.15, -0.1) is 0 Å². The molecule has 2 aromatic carbocycles. The first-order chi connectivity index (χ1) is 22.4. The topological polar surface area (TPSA) is 91.2 Å². The maximum atomic E-state index is 15.3. The van der Waals surface area contributed by atoms with Crippen LogP contribution in [0.1, 0.15) is 28.2 Å². The van der Waals surface area contributed by atoms with Gasteiger partial charge in [-0.05, 0) is 36.8 Å². The highest BCUT2D eigenvalue weighted by molar-refractivity contribution is 6.30. The van der Waals surface area contributed by atoms with Gasteiger partial charge in [-0.2, -0.15) is 4.98 Å². The zero-order chi connectivity index (χ0) is 31.8. The summed E-state index contributed by atoms with van der Waals surface area (Å²) in [6, 6.07) is 13.0. The summed E-state index contributed by atoms with van der Waals surface area (Å²) >= 11 is 5.88. The number of halogens is 3. The Balaban J connectivity index is 1.11. The Kier molecular flexibility index (Phi) is 8.78. The van der Waals surface area contributed by atoms with Gasteiger partial charge in [0.1, 0.15) is 29.6 Å². The second-order valence-corrected chi connectivity index (χ2v) is 12.3. The van der Waals surface area contributed by atoms with Crippen molar-refractivity contribution in [2.45, 2.75) is 38.2 Å². The standard InChI is InChI=1S/C33H34ClF2N5O5/c1-43-33(42)22-11-25(36)32-26(12-22)41(14-20-7-10-44-16-20)30(38-32)15-39-8-9-40(28-19-45-18-27(28)39)29-3-2-4-31(37-29)46-17-21-5-6-23(34)13-24(21)35/h2-6,11-13,20,27-28H,7-10,14-19H2,1H3/t20?,27-,28+/m1/s1. The second kappa shape index (κ2) is 13.1. The van der Waals surface area contributed by atoms with Gasteiger partial charge in [0.25, 0.3) is 0 Å². The van der Waals surface area contributed by atoms with Gasteiger partial charge < -0.3 is 28.4 Å². The summed E-state index contributed by atoms with van der Waals surface area (Å²) in [6.45, 7) is 4.85. The third-order valence-corrected chi connectivity index (χ3v) is 9.26. The molecular weight excluding hydrogens is 620 g/mol. The van der Waals surface area contributed by atoms with Crippen molar-refractivity contribution in [2.24, 2.45) is 5.92 Å². The number of methoxy groups -OCH3 is 1. The molecule has 4 aromatic rings. The number of ether oxygens (including phenoxy) is 4. The van der Waals surface area contributed by atoms with Crippen molar-refractivity contribution in [2.75, 3.05) is 51.5 Å². The molecule has 46 heavy (non-hydrogen) atoms. The lowest BCUT2D eigenvalue weighted by atomic mass is 10.0. The number of benzene rings is 2. The van der Waals surface area contributed by atoms with E-state index in [9.17, 15) is 9.18 Å². The molecule has 2 aromatic heterocycles. The number of esters is 1. The summed E-state index contributed by atoms with van der Waals surface area (Å²) in [4.78, 5) is 26.4. The predicted octanol–water partition coefficient (Wildman–Crippen LogP) is 4.85. The van der Waals surface area contributed by atoms with Gasteiger partial charge >= 0.3 is 5.97 Å². The highest BCUT2D eigenvalue weighted by Gasteiger charge is 2.42. The number of rotatable bonds is 9. The first-order valence-electron chi connectivity index (χ1n) is 15.3. The summed E-state index contributed by atoms with van der Waals surface area (Å²) in [6.07, 6.45) is 0.903. The van der Waals surface area contributed by atoms with Crippen LogP contribution in [0.2, 0.25) is 5.02 Å². The fourth-order valence-corrected chi connectivity index (χ4v) is 6.78. The van der Waals surface area contributed by atoms with E-state index in [1.54, 1.807) is 24.3 Å². The Morgan fingerprint density at radius 1 is 1.02 bits per heavy atom. The number of anilines is 1. The van der Waals surface area contributed by atoms with E-state index in [-0.39, 0.29) is 35.7 Å². The van der Waals surface area contributed by atoms with E-state index in [4.69, 9.17) is 40.5 Å². The Morgan fingerprint density at radius 2 is 1.89 bits per heavy atom. The van der Waals surface area contributed by atoms with Crippen LogP contribution in [0.5, 0.6) is 5.88 Å². The molecule has 0 radical (unpaired) electrons. The lowest BCUT2D eigenvalue weighted by Gasteiger charge is -2.44. The fraction of sp³-hybridized carbons (Fsp3) is 0.424. The Bertz CT molecular complexity index is 1750. The highest BCUT2D eigenvalue weighted by atomic mass is 35.5. The number of piperazine rings is 1. The molecule has 0 amide bonds. The smallest absolute Gasteiger partial charge is 0.338 e. The van der Waals surface area contributed by atoms with Crippen molar-refractivity contribution in [1.82, 2.24) is 19.4 Å². The van der Waals surface area contributed by atoms with Crippen molar-refractivity contribution in [3.63, 3.8) is 0 Å². The van der Waals surface area contributed by atoms with Gasteiger partial charge in [0.05, 0.1) is 56.6 Å². The van der Waals surface area contributed by atoms with Crippen LogP contribution in [0.4, 0.5) is 14.6 Å². The number of fused-ring (bicyclic) bond motifs is 2. The van der Waals surface area contributed by atoms with E-state index < -0.39 is 17.6 Å². The number of imidazole rings is 1. The SMILES string of the molecule is COC(=O)c1cc(F)c2nc(CN3CCN(c4cccc(OCc5ccc(Cl)cc5F)n4)[C@H]4COC[C@H]43)n(CC3CCOC3)c2c1. The van der Waals surface area contributed by atoms with Crippen LogP contribution in [0.15, 0.2) is 48.5 Å². The van der Waals surface area contributed by atoms with Gasteiger partial charge in [0.2, 0.25) is 5.88 Å². The van der Waals surface area contributed by atoms with Crippen LogP contribution < -0.4 is 9.64 Å². The number of hydrogen-bond donors (Lipinski definition) is 0. The molecular formula is C33H34ClF2N5O5. The van der Waals surface area contributed by atoms with Crippen molar-refractivity contribution in [3.05, 3.63) is 82.1 Å². The fourth-order valence-electron chi connectivity index (χ4n) is 6.62. The molecule has 0 bridgehead atoms. The zero-order valence-corrected chi connectivity index (χ0v) is 26.1. The molecule has 0 aliphatic carbocycles. The van der Waals surface area contributed by atoms with E-state index in [0.717, 1.165) is 18.1 Å². The lowest BCUT2D eigenvalue weighted by molar-refractivity contribution is 0.0600. The van der Waals surface area contributed by atoms with E-state index in [0.29, 0.717) is 74.6 Å². The van der Waals surface area contributed by atoms with Gasteiger partial charge in [-0.25, -0.2) is 18.6 Å². The average Bonchev–Trinajstić information content (AvgIpc) is 3.83. The summed E-state index contributed by atoms with van der Waals surface area (Å²) < 4.78 is 54.0. The first kappa shape index (κ1) is 30.8. The maximum Gasteiger partial charge on any atom is 0.338 e. The van der Waals surface area contributed by atoms with E-state index in [2.05, 4.69) is 9.80 Å². The molecule has 3 atom stereocenters.